The van der Waals surface area contributed by atoms with Crippen LogP contribution in [0.25, 0.3) is 0 Å². The molecule has 0 aliphatic heterocycles. The molecule has 1 rings (SSSR count). The molecular weight excluding hydrogens is 324 g/mol. The maximum Gasteiger partial charge on any atom is 0.345 e. The summed E-state index contributed by atoms with van der Waals surface area (Å²) in [6.07, 6.45) is 0. The molecule has 0 aliphatic carbocycles. The van der Waals surface area contributed by atoms with E-state index in [-0.39, 0.29) is 12.2 Å². The van der Waals surface area contributed by atoms with E-state index in [1.807, 2.05) is 0 Å². The third-order valence-corrected chi connectivity index (χ3v) is 4.74. The van der Waals surface area contributed by atoms with Gasteiger partial charge in [0.15, 0.2) is 0 Å². The van der Waals surface area contributed by atoms with E-state index in [9.17, 15) is 13.4 Å². The Labute approximate surface area is 138 Å². The molecule has 0 radical (unpaired) electrons. The molecule has 1 N–H and O–H groups in total. The van der Waals surface area contributed by atoms with Crippen molar-refractivity contribution in [1.82, 2.24) is 4.72 Å². The van der Waals surface area contributed by atoms with Gasteiger partial charge in [-0.2, -0.15) is 0 Å². The van der Waals surface area contributed by atoms with Crippen LogP contribution >= 0.6 is 0 Å². The second-order valence-corrected chi connectivity index (χ2v) is 8.28. The van der Waals surface area contributed by atoms with Gasteiger partial charge < -0.3 is 4.74 Å². The lowest BCUT2D eigenvalue weighted by molar-refractivity contribution is -0.158. The second-order valence-electron chi connectivity index (χ2n) is 6.28. The minimum absolute atomic E-state index is 0.0105. The molecule has 0 saturated carbocycles. The fraction of sp³-hybridized carbons (Fsp3) is 0.562. The summed E-state index contributed by atoms with van der Waals surface area (Å²) in [4.78, 5) is 12.0. The fourth-order valence-electron chi connectivity index (χ4n) is 1.85. The summed E-state index contributed by atoms with van der Waals surface area (Å²) < 4.78 is 47.6. The van der Waals surface area contributed by atoms with Crippen LogP contribution in [0, 0.1) is 5.82 Å². The normalized spacial score (nSPS) is 17.2. The predicted molar refractivity (Wildman–Crippen MR) is 86.3 cm³/mol. The molecule has 0 unspecified atom stereocenters. The number of alkyl halides is 1. The monoisotopic (exact) mass is 347 g/mol. The number of rotatable bonds is 6. The molecule has 0 amide bonds. The molecule has 4 nitrogen and oxygen atoms in total. The molecule has 130 valence electrons. The average molecular weight is 347 g/mol. The van der Waals surface area contributed by atoms with Crippen LogP contribution in [0.1, 0.15) is 46.2 Å². The highest BCUT2D eigenvalue weighted by Gasteiger charge is 2.46. The van der Waals surface area contributed by atoms with Gasteiger partial charge in [-0.05, 0) is 52.3 Å². The van der Waals surface area contributed by atoms with Crippen LogP contribution in [0.2, 0.25) is 0 Å². The number of hydrogen-bond donors (Lipinski definition) is 1. The first-order chi connectivity index (χ1) is 10.5. The maximum absolute atomic E-state index is 15.1. The smallest absolute Gasteiger partial charge is 0.345 e. The van der Waals surface area contributed by atoms with Gasteiger partial charge in [0, 0.05) is 0 Å². The lowest BCUT2D eigenvalue weighted by Gasteiger charge is -2.31. The highest BCUT2D eigenvalue weighted by molar-refractivity contribution is 7.84. The van der Waals surface area contributed by atoms with Gasteiger partial charge in [-0.3, -0.25) is 0 Å². The minimum Gasteiger partial charge on any atom is -0.464 e. The number of nitrogens with one attached hydrogen (secondary N) is 1. The first-order valence-corrected chi connectivity index (χ1v) is 8.44. The van der Waals surface area contributed by atoms with Crippen molar-refractivity contribution in [2.24, 2.45) is 0 Å². The standard InChI is InChI=1S/C16H23F2NO3S/c1-6-22-14(20)16(5,18)13(19-23(21)15(2,3)4)11-8-7-9-12(17)10-11/h7-10,13,19H,6H2,1-5H3/t13-,16+,23-/m0/s1. The Bertz CT molecular complexity index is 585. The lowest BCUT2D eigenvalue weighted by atomic mass is 9.92. The molecule has 0 aromatic heterocycles. The Morgan fingerprint density at radius 3 is 2.43 bits per heavy atom. The first-order valence-electron chi connectivity index (χ1n) is 7.29. The molecule has 1 aromatic rings. The van der Waals surface area contributed by atoms with E-state index >= 15 is 4.39 Å². The van der Waals surface area contributed by atoms with Gasteiger partial charge in [0.25, 0.3) is 0 Å². The van der Waals surface area contributed by atoms with Gasteiger partial charge in [-0.25, -0.2) is 22.5 Å². The number of esters is 1. The van der Waals surface area contributed by atoms with Crippen LogP contribution in [0.4, 0.5) is 8.78 Å². The van der Waals surface area contributed by atoms with Crippen molar-refractivity contribution in [3.8, 4) is 0 Å². The highest BCUT2D eigenvalue weighted by atomic mass is 32.2. The summed E-state index contributed by atoms with van der Waals surface area (Å²) in [5.74, 6) is -1.66. The molecule has 0 spiro atoms. The van der Waals surface area contributed by atoms with Crippen molar-refractivity contribution in [3.63, 3.8) is 0 Å². The predicted octanol–water partition coefficient (Wildman–Crippen LogP) is 3.21. The van der Waals surface area contributed by atoms with Crippen molar-refractivity contribution < 1.29 is 22.5 Å². The van der Waals surface area contributed by atoms with Crippen molar-refractivity contribution in [2.45, 2.75) is 51.1 Å². The zero-order valence-corrected chi connectivity index (χ0v) is 14.8. The molecule has 0 saturated heterocycles. The first kappa shape index (κ1) is 19.7. The van der Waals surface area contributed by atoms with Gasteiger partial charge in [0.05, 0.1) is 28.4 Å². The largest absolute Gasteiger partial charge is 0.464 e. The van der Waals surface area contributed by atoms with Crippen molar-refractivity contribution in [2.75, 3.05) is 6.61 Å². The number of benzene rings is 1. The van der Waals surface area contributed by atoms with E-state index in [1.165, 1.54) is 18.2 Å². The van der Waals surface area contributed by atoms with E-state index in [4.69, 9.17) is 4.74 Å². The van der Waals surface area contributed by atoms with Gasteiger partial charge in [-0.1, -0.05) is 12.1 Å². The van der Waals surface area contributed by atoms with Crippen LogP contribution in [-0.2, 0) is 20.5 Å². The third kappa shape index (κ3) is 5.07. The Balaban J connectivity index is 3.26. The van der Waals surface area contributed by atoms with Crippen LogP contribution in [0.5, 0.6) is 0 Å². The molecule has 0 fully saturated rings. The zero-order chi connectivity index (χ0) is 17.8. The molecule has 3 atom stereocenters. The van der Waals surface area contributed by atoms with E-state index in [0.29, 0.717) is 0 Å². The Hall–Kier alpha value is -1.34. The Morgan fingerprint density at radius 2 is 1.96 bits per heavy atom. The van der Waals surface area contributed by atoms with Gasteiger partial charge in [0.2, 0.25) is 5.67 Å². The maximum atomic E-state index is 15.1. The van der Waals surface area contributed by atoms with E-state index in [1.54, 1.807) is 27.7 Å². The topological polar surface area (TPSA) is 55.4 Å². The van der Waals surface area contributed by atoms with Crippen LogP contribution in [0.3, 0.4) is 0 Å². The number of carbonyl (C=O) groups excluding carboxylic acids is 1. The SMILES string of the molecule is CCOC(=O)[C@](C)(F)[C@@H](N[S@@](=O)C(C)(C)C)c1cccc(F)c1. The quantitative estimate of drug-likeness (QED) is 0.804. The summed E-state index contributed by atoms with van der Waals surface area (Å²) in [5.41, 5.74) is -2.33. The summed E-state index contributed by atoms with van der Waals surface area (Å²) in [7, 11) is -1.66. The Morgan fingerprint density at radius 1 is 1.35 bits per heavy atom. The van der Waals surface area contributed by atoms with Crippen LogP contribution in [-0.4, -0.2) is 27.2 Å². The van der Waals surface area contributed by atoms with Crippen molar-refractivity contribution in [1.29, 1.82) is 0 Å². The van der Waals surface area contributed by atoms with E-state index in [2.05, 4.69) is 4.72 Å². The number of hydrogen-bond acceptors (Lipinski definition) is 3. The molecule has 7 heteroatoms. The molecule has 0 bridgehead atoms. The third-order valence-electron chi connectivity index (χ3n) is 3.18. The fourth-order valence-corrected chi connectivity index (χ4v) is 2.78. The molecule has 23 heavy (non-hydrogen) atoms. The number of halogens is 2. The summed E-state index contributed by atoms with van der Waals surface area (Å²) in [6.45, 7) is 7.73. The number of ether oxygens (including phenoxy) is 1. The second kappa shape index (κ2) is 7.49. The minimum atomic E-state index is -2.51. The summed E-state index contributed by atoms with van der Waals surface area (Å²) in [5, 5.41) is 0. The Kier molecular flexibility index (Phi) is 6.41. The highest BCUT2D eigenvalue weighted by Crippen LogP contribution is 2.32. The van der Waals surface area contributed by atoms with Gasteiger partial charge in [0.1, 0.15) is 5.82 Å². The summed E-state index contributed by atoms with van der Waals surface area (Å²) >= 11 is 0. The lowest BCUT2D eigenvalue weighted by Crippen LogP contribution is -2.48. The molecular formula is C16H23F2NO3S. The van der Waals surface area contributed by atoms with Crippen molar-refractivity contribution >= 4 is 17.0 Å². The van der Waals surface area contributed by atoms with Crippen LogP contribution < -0.4 is 4.72 Å². The van der Waals surface area contributed by atoms with E-state index < -0.39 is 39.2 Å². The molecule has 0 aliphatic rings. The zero-order valence-electron chi connectivity index (χ0n) is 14.0. The molecule has 0 heterocycles. The van der Waals surface area contributed by atoms with Gasteiger partial charge >= 0.3 is 5.97 Å². The van der Waals surface area contributed by atoms with E-state index in [0.717, 1.165) is 13.0 Å². The van der Waals surface area contributed by atoms with Crippen molar-refractivity contribution in [3.05, 3.63) is 35.6 Å². The number of carbonyl (C=O) groups is 1. The van der Waals surface area contributed by atoms with Crippen LogP contribution in [0.15, 0.2) is 24.3 Å². The van der Waals surface area contributed by atoms with Gasteiger partial charge in [-0.15, -0.1) is 0 Å². The summed E-state index contributed by atoms with van der Waals surface area (Å²) in [6, 6.07) is 3.88. The molecule has 1 aromatic carbocycles. The average Bonchev–Trinajstić information content (AvgIpc) is 2.43.